The Labute approximate surface area is 253 Å². The minimum absolute atomic E-state index is 0.0133. The quantitative estimate of drug-likeness (QED) is 0.148. The number of carbonyl (C=O) groups excluding carboxylic acids is 1. The van der Waals surface area contributed by atoms with Gasteiger partial charge in [-0.1, -0.05) is 83.0 Å². The summed E-state index contributed by atoms with van der Waals surface area (Å²) in [7, 11) is -3.88. The average Bonchev–Trinajstić information content (AvgIpc) is 3.39. The van der Waals surface area contributed by atoms with Gasteiger partial charge in [0.15, 0.2) is 16.1 Å². The Kier molecular flexibility index (Phi) is 8.91. The average molecular weight is 619 g/mol. The highest BCUT2D eigenvalue weighted by atomic mass is 35.5. The van der Waals surface area contributed by atoms with E-state index in [0.29, 0.717) is 11.4 Å². The number of hydrogen-bond acceptors (Lipinski definition) is 7. The van der Waals surface area contributed by atoms with E-state index >= 15 is 0 Å². The van der Waals surface area contributed by atoms with E-state index in [1.165, 1.54) is 59.3 Å². The molecule has 1 amide bonds. The van der Waals surface area contributed by atoms with Crippen LogP contribution in [0.25, 0.3) is 22.5 Å². The number of halogens is 1. The summed E-state index contributed by atoms with van der Waals surface area (Å²) >= 11 is 7.16. The molecule has 0 radical (unpaired) electrons. The highest BCUT2D eigenvalue weighted by molar-refractivity contribution is 7.99. The molecular formula is C30H27ClN6O3S2. The van der Waals surface area contributed by atoms with Crippen molar-refractivity contribution in [2.45, 2.75) is 30.3 Å². The molecular weight excluding hydrogens is 592 g/mol. The molecule has 0 aliphatic rings. The molecule has 3 N–H and O–H groups in total. The molecule has 2 heterocycles. The molecule has 12 heteroatoms. The zero-order chi connectivity index (χ0) is 29.7. The van der Waals surface area contributed by atoms with Gasteiger partial charge in [-0.25, -0.2) is 13.4 Å². The number of rotatable bonds is 10. The van der Waals surface area contributed by atoms with E-state index in [2.05, 4.69) is 80.7 Å². The second kappa shape index (κ2) is 12.8. The number of benzene rings is 3. The van der Waals surface area contributed by atoms with Gasteiger partial charge in [-0.3, -0.25) is 9.52 Å². The predicted molar refractivity (Wildman–Crippen MR) is 167 cm³/mol. The van der Waals surface area contributed by atoms with Crippen molar-refractivity contribution in [2.75, 3.05) is 15.8 Å². The van der Waals surface area contributed by atoms with E-state index in [1.807, 2.05) is 6.92 Å². The lowest BCUT2D eigenvalue weighted by atomic mass is 10.0. The van der Waals surface area contributed by atoms with Crippen molar-refractivity contribution in [1.82, 2.24) is 20.2 Å². The maximum atomic E-state index is 12.6. The molecule has 0 unspecified atom stereocenters. The van der Waals surface area contributed by atoms with Gasteiger partial charge in [-0.15, -0.1) is 10.2 Å². The van der Waals surface area contributed by atoms with E-state index in [9.17, 15) is 13.2 Å². The minimum atomic E-state index is -3.88. The largest absolute Gasteiger partial charge is 0.332 e. The van der Waals surface area contributed by atoms with Gasteiger partial charge >= 0.3 is 0 Å². The van der Waals surface area contributed by atoms with Gasteiger partial charge < -0.3 is 10.3 Å². The lowest BCUT2D eigenvalue weighted by Gasteiger charge is -2.08. The van der Waals surface area contributed by atoms with Crippen molar-refractivity contribution in [3.05, 3.63) is 101 Å². The minimum Gasteiger partial charge on any atom is -0.332 e. The Morgan fingerprint density at radius 1 is 0.857 bits per heavy atom. The third-order valence-electron chi connectivity index (χ3n) is 6.23. The summed E-state index contributed by atoms with van der Waals surface area (Å²) in [6.07, 6.45) is 0.238. The van der Waals surface area contributed by atoms with Gasteiger partial charge in [0.25, 0.3) is 10.0 Å². The molecule has 0 aliphatic heterocycles. The molecule has 3 aromatic carbocycles. The van der Waals surface area contributed by atoms with Gasteiger partial charge in [0.1, 0.15) is 0 Å². The number of carbonyl (C=O) groups is 1. The smallest absolute Gasteiger partial charge is 0.263 e. The van der Waals surface area contributed by atoms with E-state index in [1.54, 1.807) is 0 Å². The Morgan fingerprint density at radius 3 is 2.12 bits per heavy atom. The molecule has 0 spiro atoms. The number of imidazole rings is 1. The van der Waals surface area contributed by atoms with E-state index in [-0.39, 0.29) is 28.2 Å². The summed E-state index contributed by atoms with van der Waals surface area (Å²) in [4.78, 5) is 20.9. The fourth-order valence-corrected chi connectivity index (χ4v) is 5.93. The lowest BCUT2D eigenvalue weighted by Crippen LogP contribution is -2.15. The summed E-state index contributed by atoms with van der Waals surface area (Å²) in [5.74, 6) is 0.345. The van der Waals surface area contributed by atoms with Gasteiger partial charge in [-0.2, -0.15) is 0 Å². The van der Waals surface area contributed by atoms with Crippen LogP contribution in [-0.2, 0) is 14.8 Å². The summed E-state index contributed by atoms with van der Waals surface area (Å²) in [6.45, 7) is 4.10. The van der Waals surface area contributed by atoms with Crippen LogP contribution in [0, 0.1) is 13.8 Å². The monoisotopic (exact) mass is 618 g/mol. The number of sulfonamides is 1. The molecule has 0 fully saturated rings. The Hall–Kier alpha value is -4.19. The number of aromatic amines is 1. The molecule has 5 aromatic rings. The Morgan fingerprint density at radius 2 is 1.50 bits per heavy atom. The van der Waals surface area contributed by atoms with Crippen molar-refractivity contribution >= 4 is 50.8 Å². The number of thioether (sulfide) groups is 1. The van der Waals surface area contributed by atoms with Crippen LogP contribution in [-0.4, -0.2) is 40.2 Å². The van der Waals surface area contributed by atoms with Crippen molar-refractivity contribution in [1.29, 1.82) is 0 Å². The van der Waals surface area contributed by atoms with Crippen LogP contribution in [0.1, 0.15) is 17.5 Å². The number of hydrogen-bond donors (Lipinski definition) is 3. The number of H-pyrrole nitrogens is 1. The summed E-state index contributed by atoms with van der Waals surface area (Å²) in [6, 6.07) is 25.2. The molecule has 214 valence electrons. The number of anilines is 2. The second-order valence-corrected chi connectivity index (χ2v) is 12.7. The highest BCUT2D eigenvalue weighted by Crippen LogP contribution is 2.33. The van der Waals surface area contributed by atoms with E-state index < -0.39 is 10.0 Å². The molecule has 0 saturated carbocycles. The van der Waals surface area contributed by atoms with Crippen molar-refractivity contribution in [3.63, 3.8) is 0 Å². The first kappa shape index (κ1) is 29.3. The van der Waals surface area contributed by atoms with Gasteiger partial charge in [-0.05, 0) is 50.2 Å². The summed E-state index contributed by atoms with van der Waals surface area (Å²) in [5, 5.41) is 11.0. The van der Waals surface area contributed by atoms with Gasteiger partial charge in [0, 0.05) is 29.0 Å². The first-order valence-corrected chi connectivity index (χ1v) is 15.8. The fraction of sp³-hybridized carbons (Fsp3) is 0.133. The van der Waals surface area contributed by atoms with Crippen molar-refractivity contribution in [3.8, 4) is 22.5 Å². The summed E-state index contributed by atoms with van der Waals surface area (Å²) in [5.41, 5.74) is 6.67. The van der Waals surface area contributed by atoms with Crippen LogP contribution in [0.5, 0.6) is 0 Å². The number of nitrogens with one attached hydrogen (secondary N) is 3. The van der Waals surface area contributed by atoms with Crippen molar-refractivity contribution < 1.29 is 13.2 Å². The summed E-state index contributed by atoms with van der Waals surface area (Å²) < 4.78 is 27.6. The van der Waals surface area contributed by atoms with Crippen LogP contribution in [0.4, 0.5) is 11.5 Å². The maximum Gasteiger partial charge on any atom is 0.263 e. The number of aromatic nitrogens is 4. The van der Waals surface area contributed by atoms with Gasteiger partial charge in [0.05, 0.1) is 16.3 Å². The molecule has 0 bridgehead atoms. The van der Waals surface area contributed by atoms with Crippen molar-refractivity contribution in [2.24, 2.45) is 0 Å². The second-order valence-electron chi connectivity index (χ2n) is 9.52. The third kappa shape index (κ3) is 7.35. The lowest BCUT2D eigenvalue weighted by molar-refractivity contribution is -0.115. The first-order valence-electron chi connectivity index (χ1n) is 13.0. The number of aryl methyl sites for hydroxylation is 2. The normalized spacial score (nSPS) is 11.3. The Balaban J connectivity index is 1.20. The topological polar surface area (TPSA) is 130 Å². The van der Waals surface area contributed by atoms with Crippen LogP contribution in [0.3, 0.4) is 0 Å². The zero-order valence-electron chi connectivity index (χ0n) is 22.8. The van der Waals surface area contributed by atoms with Crippen LogP contribution in [0.2, 0.25) is 5.15 Å². The molecule has 0 atom stereocenters. The third-order valence-corrected chi connectivity index (χ3v) is 8.68. The van der Waals surface area contributed by atoms with Crippen LogP contribution in [0.15, 0.2) is 95.0 Å². The van der Waals surface area contributed by atoms with Crippen LogP contribution >= 0.6 is 23.4 Å². The maximum absolute atomic E-state index is 12.6. The van der Waals surface area contributed by atoms with Crippen LogP contribution < -0.4 is 10.0 Å². The first-order chi connectivity index (χ1) is 20.2. The van der Waals surface area contributed by atoms with E-state index in [4.69, 9.17) is 16.6 Å². The standard InChI is InChI=1S/C30H27ClN6O3S2/c1-19-3-7-21(8-4-19)28-29(22-9-5-20(2)6-10-22)34-30(33-28)41-18-17-27(38)32-23-11-13-24(14-12-23)42(39,40)37-26-16-15-25(31)35-36-26/h3-16H,17-18H2,1-2H3,(H,32,38)(H,33,34)(H,36,37). The number of nitrogens with zero attached hydrogens (tertiary/aromatic N) is 3. The zero-order valence-corrected chi connectivity index (χ0v) is 25.1. The molecule has 5 rings (SSSR count). The Bertz CT molecular complexity index is 1730. The molecule has 9 nitrogen and oxygen atoms in total. The van der Waals surface area contributed by atoms with E-state index in [0.717, 1.165) is 27.7 Å². The van der Waals surface area contributed by atoms with Gasteiger partial charge in [0.2, 0.25) is 5.91 Å². The fourth-order valence-electron chi connectivity index (χ4n) is 4.02. The molecule has 42 heavy (non-hydrogen) atoms. The molecule has 2 aromatic heterocycles. The molecule has 0 aliphatic carbocycles. The predicted octanol–water partition coefficient (Wildman–Crippen LogP) is 6.73. The highest BCUT2D eigenvalue weighted by Gasteiger charge is 2.17. The number of amides is 1. The SMILES string of the molecule is Cc1ccc(-c2nc(SCCC(=O)Nc3ccc(S(=O)(=O)Nc4ccc(Cl)nn4)cc3)[nH]c2-c2ccc(C)cc2)cc1. The molecule has 0 saturated heterocycles.